The molecule has 0 bridgehead atoms. The van der Waals surface area contributed by atoms with Crippen molar-refractivity contribution < 1.29 is 4.79 Å². The number of anilines is 1. The monoisotopic (exact) mass is 280 g/mol. The third kappa shape index (κ3) is 1.77. The van der Waals surface area contributed by atoms with E-state index in [-0.39, 0.29) is 5.91 Å². The molecule has 1 aliphatic rings. The Morgan fingerprint density at radius 3 is 3.00 bits per heavy atom. The van der Waals surface area contributed by atoms with Gasteiger partial charge in [0.25, 0.3) is 5.91 Å². The predicted molar refractivity (Wildman–Crippen MR) is 81.3 cm³/mol. The van der Waals surface area contributed by atoms with Crippen LogP contribution < -0.4 is 5.73 Å². The van der Waals surface area contributed by atoms with Crippen LogP contribution in [-0.2, 0) is 12.8 Å². The second kappa shape index (κ2) is 4.48. The van der Waals surface area contributed by atoms with Crippen molar-refractivity contribution in [2.24, 2.45) is 0 Å². The van der Waals surface area contributed by atoms with Crippen molar-refractivity contribution in [2.45, 2.75) is 25.7 Å². The van der Waals surface area contributed by atoms with Crippen LogP contribution in [0.15, 0.2) is 30.5 Å². The standard InChI is InChI=1S/C16H16N4O/c17-15-12-4-1-2-7-14(12)20(19-15)16(21)11-5-3-6-13-10(11)8-9-18-13/h3,5-6,8-9,18H,1-2,4,7H2,(H2,17,19). The molecule has 0 spiro atoms. The van der Waals surface area contributed by atoms with Gasteiger partial charge in [-0.05, 0) is 43.9 Å². The minimum absolute atomic E-state index is 0.102. The molecule has 0 amide bonds. The largest absolute Gasteiger partial charge is 0.382 e. The van der Waals surface area contributed by atoms with Crippen molar-refractivity contribution in [1.82, 2.24) is 14.8 Å². The summed E-state index contributed by atoms with van der Waals surface area (Å²) in [5.41, 5.74) is 9.63. The molecule has 0 radical (unpaired) electrons. The maximum Gasteiger partial charge on any atom is 0.279 e. The maximum absolute atomic E-state index is 12.9. The van der Waals surface area contributed by atoms with Gasteiger partial charge in [0.15, 0.2) is 0 Å². The minimum Gasteiger partial charge on any atom is -0.382 e. The number of H-pyrrole nitrogens is 1. The Labute approximate surface area is 121 Å². The highest BCUT2D eigenvalue weighted by Crippen LogP contribution is 2.27. The Bertz CT molecular complexity index is 843. The molecule has 2 heterocycles. The van der Waals surface area contributed by atoms with Crippen molar-refractivity contribution in [3.63, 3.8) is 0 Å². The lowest BCUT2D eigenvalue weighted by atomic mass is 9.97. The van der Waals surface area contributed by atoms with Crippen molar-refractivity contribution in [2.75, 3.05) is 5.73 Å². The van der Waals surface area contributed by atoms with E-state index in [1.807, 2.05) is 30.5 Å². The van der Waals surface area contributed by atoms with Gasteiger partial charge in [-0.25, -0.2) is 0 Å². The van der Waals surface area contributed by atoms with Gasteiger partial charge in [-0.3, -0.25) is 4.79 Å². The number of carbonyl (C=O) groups excluding carboxylic acids is 1. The zero-order valence-corrected chi connectivity index (χ0v) is 11.6. The molecular weight excluding hydrogens is 264 g/mol. The van der Waals surface area contributed by atoms with E-state index in [0.717, 1.165) is 47.8 Å². The molecule has 5 heteroatoms. The van der Waals surface area contributed by atoms with Crippen molar-refractivity contribution in [3.05, 3.63) is 47.3 Å². The van der Waals surface area contributed by atoms with E-state index in [1.165, 1.54) is 4.68 Å². The molecule has 3 N–H and O–H groups in total. The number of nitrogens with zero attached hydrogens (tertiary/aromatic N) is 2. The molecule has 4 rings (SSSR count). The van der Waals surface area contributed by atoms with Crippen LogP contribution >= 0.6 is 0 Å². The molecule has 0 atom stereocenters. The summed E-state index contributed by atoms with van der Waals surface area (Å²) in [6.07, 6.45) is 5.83. The number of aromatic amines is 1. The maximum atomic E-state index is 12.9. The van der Waals surface area contributed by atoms with Crippen LogP contribution in [0.1, 0.15) is 34.5 Å². The molecule has 0 fully saturated rings. The average Bonchev–Trinajstić information content (AvgIpc) is 3.11. The average molecular weight is 280 g/mol. The van der Waals surface area contributed by atoms with Gasteiger partial charge >= 0.3 is 0 Å². The first-order valence-corrected chi connectivity index (χ1v) is 7.23. The van der Waals surface area contributed by atoms with Crippen molar-refractivity contribution >= 4 is 22.6 Å². The van der Waals surface area contributed by atoms with Crippen LogP contribution in [0.4, 0.5) is 5.82 Å². The number of aromatic nitrogens is 3. The summed E-state index contributed by atoms with van der Waals surface area (Å²) in [6.45, 7) is 0. The number of benzene rings is 1. The normalized spacial score (nSPS) is 14.3. The van der Waals surface area contributed by atoms with E-state index in [1.54, 1.807) is 0 Å². The summed E-state index contributed by atoms with van der Waals surface area (Å²) in [7, 11) is 0. The lowest BCUT2D eigenvalue weighted by molar-refractivity contribution is 0.0943. The lowest BCUT2D eigenvalue weighted by Crippen LogP contribution is -2.18. The molecule has 106 valence electrons. The number of hydrogen-bond acceptors (Lipinski definition) is 3. The summed E-state index contributed by atoms with van der Waals surface area (Å²) >= 11 is 0. The van der Waals surface area contributed by atoms with Crippen molar-refractivity contribution in [1.29, 1.82) is 0 Å². The smallest absolute Gasteiger partial charge is 0.279 e. The fraction of sp³-hybridized carbons (Fsp3) is 0.250. The summed E-state index contributed by atoms with van der Waals surface area (Å²) in [5, 5.41) is 5.21. The summed E-state index contributed by atoms with van der Waals surface area (Å²) in [5.74, 6) is 0.398. The molecule has 0 aliphatic heterocycles. The number of rotatable bonds is 1. The Morgan fingerprint density at radius 2 is 2.10 bits per heavy atom. The fourth-order valence-electron chi connectivity index (χ4n) is 3.18. The Balaban J connectivity index is 1.87. The Hall–Kier alpha value is -2.56. The second-order valence-electron chi connectivity index (χ2n) is 5.48. The molecule has 1 aromatic carbocycles. The van der Waals surface area contributed by atoms with Crippen LogP contribution in [0.3, 0.4) is 0 Å². The third-order valence-corrected chi connectivity index (χ3v) is 4.23. The van der Waals surface area contributed by atoms with Gasteiger partial charge in [0, 0.05) is 22.7 Å². The summed E-state index contributed by atoms with van der Waals surface area (Å²) < 4.78 is 1.51. The highest BCUT2D eigenvalue weighted by atomic mass is 16.2. The first-order valence-electron chi connectivity index (χ1n) is 7.23. The quantitative estimate of drug-likeness (QED) is 0.719. The van der Waals surface area contributed by atoms with Gasteiger partial charge in [0.1, 0.15) is 5.82 Å². The molecule has 5 nitrogen and oxygen atoms in total. The zero-order valence-electron chi connectivity index (χ0n) is 11.6. The van der Waals surface area contributed by atoms with Crippen LogP contribution in [0.25, 0.3) is 10.9 Å². The Kier molecular flexibility index (Phi) is 2.60. The molecule has 21 heavy (non-hydrogen) atoms. The number of carbonyl (C=O) groups is 1. The number of nitrogens with one attached hydrogen (secondary N) is 1. The molecule has 0 saturated heterocycles. The van der Waals surface area contributed by atoms with Crippen LogP contribution in [0.5, 0.6) is 0 Å². The van der Waals surface area contributed by atoms with E-state index < -0.39 is 0 Å². The highest BCUT2D eigenvalue weighted by molar-refractivity contribution is 6.07. The number of nitrogens with two attached hydrogens (primary N) is 1. The van der Waals surface area contributed by atoms with Crippen molar-refractivity contribution in [3.8, 4) is 0 Å². The van der Waals surface area contributed by atoms with E-state index in [9.17, 15) is 4.79 Å². The minimum atomic E-state index is -0.102. The van der Waals surface area contributed by atoms with Crippen LogP contribution in [-0.4, -0.2) is 20.7 Å². The van der Waals surface area contributed by atoms with Gasteiger partial charge in [0.05, 0.1) is 11.3 Å². The van der Waals surface area contributed by atoms with E-state index in [4.69, 9.17) is 5.73 Å². The van der Waals surface area contributed by atoms with Gasteiger partial charge in [-0.15, -0.1) is 5.10 Å². The number of fused-ring (bicyclic) bond motifs is 2. The molecule has 2 aromatic heterocycles. The molecule has 3 aromatic rings. The molecule has 1 aliphatic carbocycles. The Morgan fingerprint density at radius 1 is 1.24 bits per heavy atom. The second-order valence-corrected chi connectivity index (χ2v) is 5.48. The summed E-state index contributed by atoms with van der Waals surface area (Å²) in [6, 6.07) is 7.60. The van der Waals surface area contributed by atoms with Gasteiger partial charge in [-0.2, -0.15) is 4.68 Å². The zero-order chi connectivity index (χ0) is 14.4. The molecule has 0 saturated carbocycles. The summed E-state index contributed by atoms with van der Waals surface area (Å²) in [4.78, 5) is 16.0. The van der Waals surface area contributed by atoms with E-state index >= 15 is 0 Å². The highest BCUT2D eigenvalue weighted by Gasteiger charge is 2.24. The van der Waals surface area contributed by atoms with Crippen LogP contribution in [0.2, 0.25) is 0 Å². The fourth-order valence-corrected chi connectivity index (χ4v) is 3.18. The molecule has 0 unspecified atom stereocenters. The first-order chi connectivity index (χ1) is 10.3. The van der Waals surface area contributed by atoms with Gasteiger partial charge in [0.2, 0.25) is 0 Å². The molecular formula is C16H16N4O. The van der Waals surface area contributed by atoms with E-state index in [2.05, 4.69) is 10.1 Å². The lowest BCUT2D eigenvalue weighted by Gasteiger charge is -2.13. The van der Waals surface area contributed by atoms with Crippen LogP contribution in [0, 0.1) is 0 Å². The third-order valence-electron chi connectivity index (χ3n) is 4.23. The predicted octanol–water partition coefficient (Wildman–Crippen LogP) is 2.51. The van der Waals surface area contributed by atoms with E-state index in [0.29, 0.717) is 11.4 Å². The number of nitrogen functional groups attached to an aromatic ring is 1. The van der Waals surface area contributed by atoms with Gasteiger partial charge < -0.3 is 10.7 Å². The first kappa shape index (κ1) is 12.2. The SMILES string of the molecule is Nc1nn(C(=O)c2cccc3[nH]ccc23)c2c1CCCC2. The topological polar surface area (TPSA) is 76.7 Å². The number of hydrogen-bond donors (Lipinski definition) is 2. The van der Waals surface area contributed by atoms with Gasteiger partial charge in [-0.1, -0.05) is 6.07 Å².